The molecule has 0 N–H and O–H groups in total. The maximum absolute atomic E-state index is 4.06. The Labute approximate surface area is 447 Å². The summed E-state index contributed by atoms with van der Waals surface area (Å²) in [5.74, 6) is 0. The van der Waals surface area contributed by atoms with E-state index >= 15 is 0 Å². The van der Waals surface area contributed by atoms with E-state index in [2.05, 4.69) is 313 Å². The Hall–Kier alpha value is -5.64. The van der Waals surface area contributed by atoms with Gasteiger partial charge >= 0.3 is 0 Å². The summed E-state index contributed by atoms with van der Waals surface area (Å²) in [6.07, 6.45) is 0. The predicted octanol–water partition coefficient (Wildman–Crippen LogP) is 6.20. The average molecular weight is 1030 g/mol. The van der Waals surface area contributed by atoms with Crippen LogP contribution in [0.1, 0.15) is 27.7 Å². The van der Waals surface area contributed by atoms with E-state index in [1.165, 1.54) is 123 Å². The average Bonchev–Trinajstić information content (AvgIpc) is 3.44. The lowest BCUT2D eigenvalue weighted by Crippen LogP contribution is -2.74. The van der Waals surface area contributed by atoms with Crippen molar-refractivity contribution >= 4 is 109 Å². The Bertz CT molecular complexity index is 2200. The van der Waals surface area contributed by atoms with Gasteiger partial charge in [0.25, 0.3) is 0 Å². The van der Waals surface area contributed by atoms with E-state index in [0.717, 1.165) is 0 Å². The number of hydrogen-bond donors (Lipinski definition) is 0. The monoisotopic (exact) mass is 1030 g/mol. The fourth-order valence-electron chi connectivity index (χ4n) is 12.4. The number of benzene rings is 3. The predicted molar refractivity (Wildman–Crippen MR) is 339 cm³/mol. The van der Waals surface area contributed by atoms with E-state index in [1.807, 2.05) is 0 Å². The van der Waals surface area contributed by atoms with Crippen molar-refractivity contribution in [1.29, 1.82) is 0 Å². The van der Waals surface area contributed by atoms with Crippen LogP contribution >= 0.6 is 0 Å². The first-order valence-corrected chi connectivity index (χ1v) is 27.7. The summed E-state index contributed by atoms with van der Waals surface area (Å²) >= 11 is 0. The van der Waals surface area contributed by atoms with E-state index in [0.29, 0.717) is 0 Å². The molecule has 0 fully saturated rings. The molecule has 0 saturated heterocycles. The first kappa shape index (κ1) is 59.9. The van der Waals surface area contributed by atoms with Gasteiger partial charge in [-0.3, -0.25) is 0 Å². The largest absolute Gasteiger partial charge is 0.376 e. The molecule has 0 spiro atoms. The molecule has 0 bridgehead atoms. The molecule has 0 unspecified atom stereocenters. The third-order valence-electron chi connectivity index (χ3n) is 15.0. The fourth-order valence-corrected chi connectivity index (χ4v) is 20.0. The molecule has 0 amide bonds. The lowest BCUT2D eigenvalue weighted by atomic mass is 10.1. The van der Waals surface area contributed by atoms with Crippen molar-refractivity contribution in [2.75, 3.05) is 285 Å². The van der Waals surface area contributed by atoms with Crippen LogP contribution in [-0.4, -0.2) is 220 Å². The van der Waals surface area contributed by atoms with Gasteiger partial charge < -0.3 is 73.5 Å². The van der Waals surface area contributed by atoms with Crippen LogP contribution in [0, 0.1) is 0 Å². The minimum Gasteiger partial charge on any atom is -0.376 e. The van der Waals surface area contributed by atoms with Crippen molar-refractivity contribution in [1.82, 2.24) is 0 Å². The van der Waals surface area contributed by atoms with Crippen molar-refractivity contribution in [2.45, 2.75) is 33.2 Å². The third-order valence-corrected chi connectivity index (χ3v) is 20.6. The molecule has 16 heteroatoms. The van der Waals surface area contributed by atoms with Crippen LogP contribution in [0.5, 0.6) is 0 Å². The summed E-state index contributed by atoms with van der Waals surface area (Å²) in [5.41, 5.74) is 23.4. The van der Waals surface area contributed by atoms with Gasteiger partial charge in [-0.25, -0.2) is 0 Å². The molecule has 0 radical (unpaired) electrons. The van der Waals surface area contributed by atoms with Crippen LogP contribution in [0.3, 0.4) is 0 Å². The minimum atomic E-state index is -4.06. The molecule has 0 aliphatic heterocycles. The minimum absolute atomic E-state index is 0.0830. The van der Waals surface area contributed by atoms with Gasteiger partial charge in [-0.2, -0.15) is 0 Å². The molecule has 0 saturated carbocycles. The van der Waals surface area contributed by atoms with E-state index in [9.17, 15) is 0 Å². The molecular weight excluding hydrogens is 923 g/mol. The zero-order valence-corrected chi connectivity index (χ0v) is 53.8. The maximum atomic E-state index is 2.47. The zero-order chi connectivity index (χ0) is 56.4. The molecule has 410 valence electrons. The number of anilines is 15. The summed E-state index contributed by atoms with van der Waals surface area (Å²) in [5, 5.41) is 4.09. The lowest BCUT2D eigenvalue weighted by molar-refractivity contribution is 1.00. The first-order valence-electron chi connectivity index (χ1n) is 25.6. The molecule has 4 rings (SSSR count). The summed E-state index contributed by atoms with van der Waals surface area (Å²) < 4.78 is 0. The van der Waals surface area contributed by atoms with E-state index in [4.69, 9.17) is 0 Å². The number of allylic oxidation sites excluding steroid dienone is 4. The highest BCUT2D eigenvalue weighted by Gasteiger charge is 2.61. The van der Waals surface area contributed by atoms with Crippen LogP contribution in [-0.2, 0) is 0 Å². The Morgan fingerprint density at radius 1 is 0.192 bits per heavy atom. The van der Waals surface area contributed by atoms with Crippen molar-refractivity contribution in [3.8, 4) is 0 Å². The highest BCUT2D eigenvalue weighted by Crippen LogP contribution is 2.60. The molecule has 3 aromatic rings. The second-order valence-electron chi connectivity index (χ2n) is 23.6. The topological polar surface area (TPSA) is 48.6 Å². The van der Waals surface area contributed by atoms with Crippen LogP contribution < -0.4 is 89.1 Å². The molecule has 0 aromatic heterocycles. The molecule has 0 heterocycles. The number of nitrogens with zero attached hydrogens (tertiary/aromatic N) is 15. The van der Waals surface area contributed by atoms with Crippen LogP contribution in [0.2, 0.25) is 5.54 Å². The molecular formula is C57H103N15Si. The Morgan fingerprint density at radius 3 is 0.411 bits per heavy atom. The number of hydrogen-bond acceptors (Lipinski definition) is 15. The van der Waals surface area contributed by atoms with Crippen molar-refractivity contribution < 1.29 is 0 Å². The zero-order valence-electron chi connectivity index (χ0n) is 52.8. The van der Waals surface area contributed by atoms with Crippen molar-refractivity contribution in [2.24, 2.45) is 0 Å². The number of rotatable bonds is 19. The highest BCUT2D eigenvalue weighted by molar-refractivity contribution is 7.17. The Kier molecular flexibility index (Phi) is 17.8. The SMILES string of the molecule is CC1=C(C)C([Si](c2c(N(C)C)c(N(C)C)c(N(C)C)c(N(C)C)c2N(C)C)(c2c(N(C)C)c(N(C)C)c(N(C)C)c(N(C)C)c2N(C)C)c2c(N(C)C)c(N(C)C)c(N(C)C)c(N(C)C)c2N(C)C)C(C)=C1C. The van der Waals surface area contributed by atoms with Crippen LogP contribution in [0.15, 0.2) is 22.3 Å². The van der Waals surface area contributed by atoms with Crippen molar-refractivity contribution in [3.63, 3.8) is 0 Å². The van der Waals surface area contributed by atoms with Crippen LogP contribution in [0.25, 0.3) is 0 Å². The van der Waals surface area contributed by atoms with Gasteiger partial charge in [-0.1, -0.05) is 11.1 Å². The smallest absolute Gasteiger partial charge is 0.175 e. The molecule has 15 nitrogen and oxygen atoms in total. The van der Waals surface area contributed by atoms with Gasteiger partial charge in [-0.15, -0.1) is 0 Å². The van der Waals surface area contributed by atoms with Gasteiger partial charge in [0.05, 0.1) is 85.3 Å². The van der Waals surface area contributed by atoms with Gasteiger partial charge in [0.2, 0.25) is 0 Å². The Morgan fingerprint density at radius 2 is 0.301 bits per heavy atom. The fraction of sp³-hybridized carbons (Fsp3) is 0.614. The van der Waals surface area contributed by atoms with E-state index in [1.54, 1.807) is 0 Å². The molecule has 1 aliphatic carbocycles. The molecule has 1 aliphatic rings. The highest BCUT2D eigenvalue weighted by atomic mass is 28.3. The van der Waals surface area contributed by atoms with Gasteiger partial charge in [-0.05, 0) is 38.8 Å². The lowest BCUT2D eigenvalue weighted by Gasteiger charge is -2.52. The van der Waals surface area contributed by atoms with Gasteiger partial charge in [0.1, 0.15) is 0 Å². The quantitative estimate of drug-likeness (QED) is 0.101. The molecule has 0 atom stereocenters. The standard InChI is InChI=1S/C57H103N15Si/c1-35-36(2)38(4)54(37(35)3)73(55-48(67(23)24)42(61(11)12)39(58(5)6)43(62(13)14)49(55)68(25)26,56-50(69(27)28)44(63(15)16)40(59(7)8)45(64(17)18)51(56)70(29)30)57-52(71(31)32)46(65(19)20)41(60(9)10)47(66(21)22)53(57)72(33)34/h54H,1-34H3. The summed E-state index contributed by atoms with van der Waals surface area (Å²) in [6.45, 7) is 9.71. The van der Waals surface area contributed by atoms with Gasteiger partial charge in [0.15, 0.2) is 8.07 Å². The summed E-state index contributed by atoms with van der Waals surface area (Å²) in [7, 11) is 63.5. The van der Waals surface area contributed by atoms with E-state index in [-0.39, 0.29) is 5.54 Å². The van der Waals surface area contributed by atoms with Crippen LogP contribution in [0.4, 0.5) is 85.3 Å². The second-order valence-corrected chi connectivity index (χ2v) is 27.3. The first-order chi connectivity index (χ1) is 33.5. The molecule has 73 heavy (non-hydrogen) atoms. The maximum Gasteiger partial charge on any atom is 0.175 e. The van der Waals surface area contributed by atoms with E-state index < -0.39 is 8.07 Å². The summed E-state index contributed by atoms with van der Waals surface area (Å²) in [4.78, 5) is 36.0. The third kappa shape index (κ3) is 9.47. The Balaban J connectivity index is 3.22. The normalized spacial score (nSPS) is 12.9. The summed E-state index contributed by atoms with van der Waals surface area (Å²) in [6, 6.07) is 0. The van der Waals surface area contributed by atoms with Crippen molar-refractivity contribution in [3.05, 3.63) is 22.3 Å². The second kappa shape index (κ2) is 21.7. The molecule has 3 aromatic carbocycles. The van der Waals surface area contributed by atoms with Gasteiger partial charge in [0, 0.05) is 233 Å².